The van der Waals surface area contributed by atoms with Gasteiger partial charge in [0.2, 0.25) is 5.91 Å². The molecular formula is C19H21F2N3O5. The van der Waals surface area contributed by atoms with Crippen molar-refractivity contribution in [3.63, 3.8) is 0 Å². The summed E-state index contributed by atoms with van der Waals surface area (Å²) in [5, 5.41) is 2.45. The molecule has 0 bridgehead atoms. The number of nitrogens with one attached hydrogen (secondary N) is 1. The van der Waals surface area contributed by atoms with Crippen molar-refractivity contribution in [2.24, 2.45) is 5.92 Å². The third-order valence-electron chi connectivity index (χ3n) is 5.15. The number of alkyl halides is 2. The van der Waals surface area contributed by atoms with Crippen LogP contribution in [0.15, 0.2) is 24.3 Å². The molecule has 2 aliphatic rings. The number of amides is 5. The van der Waals surface area contributed by atoms with Gasteiger partial charge in [-0.1, -0.05) is 19.8 Å². The Morgan fingerprint density at radius 3 is 2.41 bits per heavy atom. The summed E-state index contributed by atoms with van der Waals surface area (Å²) in [4.78, 5) is 51.1. The number of hydrogen-bond acceptors (Lipinski definition) is 5. The lowest BCUT2D eigenvalue weighted by Crippen LogP contribution is -2.46. The number of nitrogens with zero attached hydrogens (tertiary/aromatic N) is 2. The van der Waals surface area contributed by atoms with Gasteiger partial charge in [0.15, 0.2) is 0 Å². The largest absolute Gasteiger partial charge is 0.435 e. The van der Waals surface area contributed by atoms with Gasteiger partial charge in [-0.25, -0.2) is 9.69 Å². The SMILES string of the molecule is C[C@@H]1CCCC[C@@H]1N1C(=O)C(=O)N(CC(=O)Nc2ccc(OC(F)F)cc2)C1=O. The summed E-state index contributed by atoms with van der Waals surface area (Å²) < 4.78 is 28.5. The molecule has 1 heterocycles. The first-order valence-electron chi connectivity index (χ1n) is 9.31. The van der Waals surface area contributed by atoms with E-state index in [0.717, 1.165) is 24.2 Å². The summed E-state index contributed by atoms with van der Waals surface area (Å²) in [6.45, 7) is -1.64. The summed E-state index contributed by atoms with van der Waals surface area (Å²) in [5.74, 6) is -2.61. The number of carbonyl (C=O) groups is 4. The molecule has 0 spiro atoms. The molecule has 1 saturated heterocycles. The molecule has 1 aromatic carbocycles. The fourth-order valence-corrected chi connectivity index (χ4v) is 3.70. The van der Waals surface area contributed by atoms with Crippen LogP contribution in [0.1, 0.15) is 32.6 Å². The Morgan fingerprint density at radius 1 is 1.14 bits per heavy atom. The molecule has 8 nitrogen and oxygen atoms in total. The molecule has 29 heavy (non-hydrogen) atoms. The standard InChI is InChI=1S/C19H21F2N3O5/c1-11-4-2-3-5-14(11)24-17(27)16(26)23(19(24)28)10-15(25)22-12-6-8-13(9-7-12)29-18(20)21/h6-9,11,14,18H,2-5,10H2,1H3,(H,22,25)/t11-,14+/m1/s1. The molecule has 3 rings (SSSR count). The van der Waals surface area contributed by atoms with Gasteiger partial charge >= 0.3 is 24.5 Å². The summed E-state index contributed by atoms with van der Waals surface area (Å²) in [6, 6.07) is 4.03. The maximum Gasteiger partial charge on any atom is 0.387 e. The number of urea groups is 1. The molecule has 2 fully saturated rings. The highest BCUT2D eigenvalue weighted by Gasteiger charge is 2.49. The van der Waals surface area contributed by atoms with Crippen LogP contribution in [0.3, 0.4) is 0 Å². The van der Waals surface area contributed by atoms with Crippen molar-refractivity contribution < 1.29 is 32.7 Å². The second kappa shape index (κ2) is 8.54. The molecule has 0 unspecified atom stereocenters. The highest BCUT2D eigenvalue weighted by atomic mass is 19.3. The van der Waals surface area contributed by atoms with Crippen LogP contribution >= 0.6 is 0 Å². The van der Waals surface area contributed by atoms with Crippen LogP contribution in [0, 0.1) is 5.92 Å². The predicted octanol–water partition coefficient (Wildman–Crippen LogP) is 2.60. The quantitative estimate of drug-likeness (QED) is 0.576. The van der Waals surface area contributed by atoms with Crippen molar-refractivity contribution in [3.8, 4) is 5.75 Å². The van der Waals surface area contributed by atoms with Gasteiger partial charge in [-0.2, -0.15) is 8.78 Å². The van der Waals surface area contributed by atoms with Crippen molar-refractivity contribution in [2.45, 2.75) is 45.3 Å². The van der Waals surface area contributed by atoms with Crippen LogP contribution in [0.25, 0.3) is 0 Å². The lowest BCUT2D eigenvalue weighted by atomic mass is 9.85. The maximum atomic E-state index is 12.6. The fourth-order valence-electron chi connectivity index (χ4n) is 3.70. The Morgan fingerprint density at radius 2 is 1.79 bits per heavy atom. The zero-order valence-electron chi connectivity index (χ0n) is 15.8. The van der Waals surface area contributed by atoms with Gasteiger partial charge < -0.3 is 10.1 Å². The topological polar surface area (TPSA) is 96.0 Å². The van der Waals surface area contributed by atoms with Crippen LogP contribution in [-0.2, 0) is 14.4 Å². The molecule has 5 amide bonds. The van der Waals surface area contributed by atoms with Crippen LogP contribution in [0.4, 0.5) is 19.3 Å². The van der Waals surface area contributed by atoms with Crippen molar-refractivity contribution in [1.82, 2.24) is 9.80 Å². The average Bonchev–Trinajstić information content (AvgIpc) is 2.87. The summed E-state index contributed by atoms with van der Waals surface area (Å²) in [7, 11) is 0. The summed E-state index contributed by atoms with van der Waals surface area (Å²) in [5.41, 5.74) is 0.264. The fraction of sp³-hybridized carbons (Fsp3) is 0.474. The molecule has 1 saturated carbocycles. The minimum Gasteiger partial charge on any atom is -0.435 e. The number of carbonyl (C=O) groups excluding carboxylic acids is 4. The number of hydrogen-bond donors (Lipinski definition) is 1. The van der Waals surface area contributed by atoms with E-state index in [0.29, 0.717) is 11.3 Å². The molecule has 1 N–H and O–H groups in total. The number of benzene rings is 1. The molecule has 2 atom stereocenters. The monoisotopic (exact) mass is 409 g/mol. The molecule has 0 radical (unpaired) electrons. The van der Waals surface area contributed by atoms with E-state index in [1.54, 1.807) is 0 Å². The van der Waals surface area contributed by atoms with Gasteiger partial charge in [-0.15, -0.1) is 0 Å². The van der Waals surface area contributed by atoms with Crippen molar-refractivity contribution in [1.29, 1.82) is 0 Å². The third kappa shape index (κ3) is 4.52. The smallest absolute Gasteiger partial charge is 0.387 e. The molecule has 0 aromatic heterocycles. The molecule has 1 aliphatic heterocycles. The number of anilines is 1. The Kier molecular flexibility index (Phi) is 6.09. The number of rotatable bonds is 6. The highest BCUT2D eigenvalue weighted by Crippen LogP contribution is 2.31. The lowest BCUT2D eigenvalue weighted by molar-refractivity contribution is -0.145. The highest BCUT2D eigenvalue weighted by molar-refractivity contribution is 6.45. The van der Waals surface area contributed by atoms with Gasteiger partial charge in [0, 0.05) is 11.7 Å². The van der Waals surface area contributed by atoms with Gasteiger partial charge in [-0.05, 0) is 43.0 Å². The normalized spacial score (nSPS) is 22.4. The summed E-state index contributed by atoms with van der Waals surface area (Å²) >= 11 is 0. The first kappa shape index (κ1) is 20.7. The van der Waals surface area contributed by atoms with Crippen LogP contribution in [0.2, 0.25) is 0 Å². The molecule has 1 aliphatic carbocycles. The second-order valence-electron chi connectivity index (χ2n) is 7.13. The molecule has 1 aromatic rings. The van der Waals surface area contributed by atoms with Crippen molar-refractivity contribution >= 4 is 29.4 Å². The number of ether oxygens (including phenoxy) is 1. The van der Waals surface area contributed by atoms with E-state index in [1.807, 2.05) is 6.92 Å². The van der Waals surface area contributed by atoms with Crippen LogP contribution in [-0.4, -0.2) is 52.8 Å². The van der Waals surface area contributed by atoms with E-state index >= 15 is 0 Å². The van der Waals surface area contributed by atoms with Crippen molar-refractivity contribution in [2.75, 3.05) is 11.9 Å². The average molecular weight is 409 g/mol. The van der Waals surface area contributed by atoms with Gasteiger partial charge in [-0.3, -0.25) is 19.3 Å². The van der Waals surface area contributed by atoms with E-state index < -0.39 is 36.9 Å². The van der Waals surface area contributed by atoms with Gasteiger partial charge in [0.25, 0.3) is 0 Å². The zero-order valence-corrected chi connectivity index (χ0v) is 15.8. The molecular weight excluding hydrogens is 388 g/mol. The first-order valence-corrected chi connectivity index (χ1v) is 9.31. The number of imide groups is 2. The lowest BCUT2D eigenvalue weighted by Gasteiger charge is -2.34. The minimum atomic E-state index is -2.96. The predicted molar refractivity (Wildman–Crippen MR) is 97.1 cm³/mol. The Labute approximate surface area is 165 Å². The van der Waals surface area contributed by atoms with Gasteiger partial charge in [0.05, 0.1) is 0 Å². The summed E-state index contributed by atoms with van der Waals surface area (Å²) in [6.07, 6.45) is 3.38. The zero-order chi connectivity index (χ0) is 21.1. The van der Waals surface area contributed by atoms with Crippen molar-refractivity contribution in [3.05, 3.63) is 24.3 Å². The second-order valence-corrected chi connectivity index (χ2v) is 7.13. The first-order chi connectivity index (χ1) is 13.8. The Bertz CT molecular complexity index is 815. The maximum absolute atomic E-state index is 12.6. The minimum absolute atomic E-state index is 0.0780. The molecule has 156 valence electrons. The van der Waals surface area contributed by atoms with Crippen LogP contribution < -0.4 is 10.1 Å². The van der Waals surface area contributed by atoms with E-state index in [1.165, 1.54) is 24.3 Å². The van der Waals surface area contributed by atoms with E-state index in [9.17, 15) is 28.0 Å². The third-order valence-corrected chi connectivity index (χ3v) is 5.15. The van der Waals surface area contributed by atoms with E-state index in [4.69, 9.17) is 0 Å². The van der Waals surface area contributed by atoms with E-state index in [2.05, 4.69) is 10.1 Å². The number of halogens is 2. The van der Waals surface area contributed by atoms with Gasteiger partial charge in [0.1, 0.15) is 12.3 Å². The Balaban J connectivity index is 1.63. The Hall–Kier alpha value is -3.04. The van der Waals surface area contributed by atoms with Crippen LogP contribution in [0.5, 0.6) is 5.75 Å². The van der Waals surface area contributed by atoms with E-state index in [-0.39, 0.29) is 23.4 Å². The molecule has 10 heteroatoms.